The van der Waals surface area contributed by atoms with E-state index in [1.54, 1.807) is 0 Å². The van der Waals surface area contributed by atoms with Crippen LogP contribution in [0.1, 0.15) is 81.8 Å². The first kappa shape index (κ1) is 20.2. The number of hydrogen-bond acceptors (Lipinski definition) is 2. The Morgan fingerprint density at radius 1 is 0.957 bits per heavy atom. The third kappa shape index (κ3) is 9.11. The Bertz CT molecular complexity index is 537. The first-order valence-electron chi connectivity index (χ1n) is 8.94. The SMILES string of the molecule is CCCCCCCCCCC(CS(=O)(=O)O)c1ccccc1C. The number of unbranched alkanes of at least 4 members (excludes halogenated alkanes) is 7. The summed E-state index contributed by atoms with van der Waals surface area (Å²) in [4.78, 5) is 0. The lowest BCUT2D eigenvalue weighted by atomic mass is 9.91. The summed E-state index contributed by atoms with van der Waals surface area (Å²) in [6, 6.07) is 7.88. The normalized spacial score (nSPS) is 13.2. The van der Waals surface area contributed by atoms with Crippen LogP contribution in [0.5, 0.6) is 0 Å². The van der Waals surface area contributed by atoms with Gasteiger partial charge < -0.3 is 0 Å². The number of aryl methyl sites for hydroxylation is 1. The fourth-order valence-electron chi connectivity index (χ4n) is 3.15. The van der Waals surface area contributed by atoms with Gasteiger partial charge >= 0.3 is 0 Å². The van der Waals surface area contributed by atoms with E-state index in [1.165, 1.54) is 38.5 Å². The van der Waals surface area contributed by atoms with E-state index in [0.29, 0.717) is 0 Å². The second kappa shape index (κ2) is 10.8. The van der Waals surface area contributed by atoms with Crippen molar-refractivity contribution in [2.24, 2.45) is 0 Å². The molecule has 132 valence electrons. The zero-order valence-electron chi connectivity index (χ0n) is 14.6. The second-order valence-electron chi connectivity index (χ2n) is 6.57. The maximum Gasteiger partial charge on any atom is 0.265 e. The van der Waals surface area contributed by atoms with Crippen molar-refractivity contribution in [2.45, 2.75) is 77.6 Å². The van der Waals surface area contributed by atoms with Gasteiger partial charge in [0.2, 0.25) is 0 Å². The molecule has 1 rings (SSSR count). The van der Waals surface area contributed by atoms with Crippen LogP contribution in [-0.2, 0) is 10.1 Å². The highest BCUT2D eigenvalue weighted by molar-refractivity contribution is 7.85. The van der Waals surface area contributed by atoms with Crippen molar-refractivity contribution >= 4 is 10.1 Å². The van der Waals surface area contributed by atoms with E-state index in [-0.39, 0.29) is 11.7 Å². The van der Waals surface area contributed by atoms with Gasteiger partial charge in [0, 0.05) is 5.92 Å². The monoisotopic (exact) mass is 340 g/mol. The van der Waals surface area contributed by atoms with Crippen molar-refractivity contribution in [1.29, 1.82) is 0 Å². The molecule has 1 unspecified atom stereocenters. The molecule has 0 aliphatic rings. The van der Waals surface area contributed by atoms with Crippen molar-refractivity contribution in [1.82, 2.24) is 0 Å². The summed E-state index contributed by atoms with van der Waals surface area (Å²) in [5.74, 6) is -0.278. The fraction of sp³-hybridized carbons (Fsp3) is 0.684. The summed E-state index contributed by atoms with van der Waals surface area (Å²) in [5.41, 5.74) is 2.15. The van der Waals surface area contributed by atoms with E-state index in [4.69, 9.17) is 0 Å². The minimum Gasteiger partial charge on any atom is -0.286 e. The summed E-state index contributed by atoms with van der Waals surface area (Å²) in [6.07, 6.45) is 10.7. The molecule has 0 fully saturated rings. The highest BCUT2D eigenvalue weighted by atomic mass is 32.2. The van der Waals surface area contributed by atoms with Gasteiger partial charge in [0.25, 0.3) is 10.1 Å². The van der Waals surface area contributed by atoms with Crippen LogP contribution < -0.4 is 0 Å². The highest BCUT2D eigenvalue weighted by Gasteiger charge is 2.19. The zero-order valence-corrected chi connectivity index (χ0v) is 15.4. The van der Waals surface area contributed by atoms with Gasteiger partial charge in [0.1, 0.15) is 0 Å². The van der Waals surface area contributed by atoms with Gasteiger partial charge in [-0.1, -0.05) is 82.6 Å². The first-order chi connectivity index (χ1) is 10.9. The molecule has 4 heteroatoms. The van der Waals surface area contributed by atoms with Crippen LogP contribution in [-0.4, -0.2) is 18.7 Å². The van der Waals surface area contributed by atoms with E-state index in [0.717, 1.165) is 30.4 Å². The third-order valence-corrected chi connectivity index (χ3v) is 5.27. The molecule has 0 aliphatic carbocycles. The van der Waals surface area contributed by atoms with E-state index in [2.05, 4.69) is 6.92 Å². The van der Waals surface area contributed by atoms with Gasteiger partial charge in [-0.25, -0.2) is 0 Å². The molecule has 0 aromatic heterocycles. The Hall–Kier alpha value is -0.870. The Kier molecular flexibility index (Phi) is 9.49. The molecule has 1 atom stereocenters. The van der Waals surface area contributed by atoms with Crippen LogP contribution in [0, 0.1) is 6.92 Å². The summed E-state index contributed by atoms with van der Waals surface area (Å²) in [5, 5.41) is 0. The molecule has 1 aromatic carbocycles. The lowest BCUT2D eigenvalue weighted by molar-refractivity contribution is 0.470. The van der Waals surface area contributed by atoms with E-state index < -0.39 is 10.1 Å². The van der Waals surface area contributed by atoms with Crippen LogP contribution in [0.15, 0.2) is 24.3 Å². The van der Waals surface area contributed by atoms with Gasteiger partial charge in [-0.2, -0.15) is 8.42 Å². The maximum atomic E-state index is 11.3. The lowest BCUT2D eigenvalue weighted by Crippen LogP contribution is -2.15. The van der Waals surface area contributed by atoms with E-state index in [9.17, 15) is 13.0 Å². The van der Waals surface area contributed by atoms with Gasteiger partial charge in [0.05, 0.1) is 5.75 Å². The first-order valence-corrected chi connectivity index (χ1v) is 10.6. The minimum atomic E-state index is -3.95. The van der Waals surface area contributed by atoms with Gasteiger partial charge in [-0.15, -0.1) is 0 Å². The minimum absolute atomic E-state index is 0.105. The number of hydrogen-bond donors (Lipinski definition) is 1. The van der Waals surface area contributed by atoms with Gasteiger partial charge in [-0.3, -0.25) is 4.55 Å². The Labute approximate surface area is 142 Å². The fourth-order valence-corrected chi connectivity index (χ4v) is 4.01. The molecule has 1 N–H and O–H groups in total. The van der Waals surface area contributed by atoms with Crippen LogP contribution in [0.25, 0.3) is 0 Å². The van der Waals surface area contributed by atoms with Crippen molar-refractivity contribution < 1.29 is 13.0 Å². The molecule has 1 aromatic rings. The molecule has 0 heterocycles. The Balaban J connectivity index is 2.44. The van der Waals surface area contributed by atoms with Crippen LogP contribution in [0.3, 0.4) is 0 Å². The smallest absolute Gasteiger partial charge is 0.265 e. The third-order valence-electron chi connectivity index (χ3n) is 4.45. The largest absolute Gasteiger partial charge is 0.286 e. The molecule has 23 heavy (non-hydrogen) atoms. The van der Waals surface area contributed by atoms with Crippen molar-refractivity contribution in [2.75, 3.05) is 5.75 Å². The Morgan fingerprint density at radius 3 is 2.09 bits per heavy atom. The molecule has 0 amide bonds. The average Bonchev–Trinajstić information content (AvgIpc) is 2.48. The molecule has 0 radical (unpaired) electrons. The number of benzene rings is 1. The molecular weight excluding hydrogens is 308 g/mol. The van der Waals surface area contributed by atoms with Crippen molar-refractivity contribution in [3.8, 4) is 0 Å². The quantitative estimate of drug-likeness (QED) is 0.404. The summed E-state index contributed by atoms with van der Waals surface area (Å²) in [7, 11) is -3.95. The van der Waals surface area contributed by atoms with Gasteiger partial charge in [0.15, 0.2) is 0 Å². The van der Waals surface area contributed by atoms with Crippen LogP contribution in [0.2, 0.25) is 0 Å². The zero-order chi connectivity index (χ0) is 17.1. The second-order valence-corrected chi connectivity index (χ2v) is 8.06. The lowest BCUT2D eigenvalue weighted by Gasteiger charge is -2.18. The predicted octanol–water partition coefficient (Wildman–Crippen LogP) is 5.50. The van der Waals surface area contributed by atoms with Crippen molar-refractivity contribution in [3.05, 3.63) is 35.4 Å². The summed E-state index contributed by atoms with van der Waals surface area (Å²) >= 11 is 0. The molecular formula is C19H32O3S. The molecule has 0 bridgehead atoms. The van der Waals surface area contributed by atoms with Gasteiger partial charge in [-0.05, 0) is 24.5 Å². The number of rotatable bonds is 12. The highest BCUT2D eigenvalue weighted by Crippen LogP contribution is 2.27. The summed E-state index contributed by atoms with van der Waals surface area (Å²) < 4.78 is 31.9. The topological polar surface area (TPSA) is 54.4 Å². The van der Waals surface area contributed by atoms with Crippen LogP contribution >= 0.6 is 0 Å². The average molecular weight is 341 g/mol. The molecule has 0 saturated carbocycles. The standard InChI is InChI=1S/C19H32O3S/c1-3-4-5-6-7-8-9-10-14-18(16-23(20,21)22)19-15-12-11-13-17(19)2/h11-13,15,18H,3-10,14,16H2,1-2H3,(H,20,21,22). The maximum absolute atomic E-state index is 11.3. The molecule has 0 spiro atoms. The summed E-state index contributed by atoms with van der Waals surface area (Å²) in [6.45, 7) is 4.22. The molecule has 0 saturated heterocycles. The van der Waals surface area contributed by atoms with Crippen molar-refractivity contribution in [3.63, 3.8) is 0 Å². The molecule has 3 nitrogen and oxygen atoms in total. The molecule has 0 aliphatic heterocycles. The Morgan fingerprint density at radius 2 is 1.52 bits per heavy atom. The predicted molar refractivity (Wildman–Crippen MR) is 97.6 cm³/mol. The van der Waals surface area contributed by atoms with E-state index >= 15 is 0 Å². The van der Waals surface area contributed by atoms with Crippen LogP contribution in [0.4, 0.5) is 0 Å². The van der Waals surface area contributed by atoms with E-state index in [1.807, 2.05) is 31.2 Å².